The molecule has 0 unspecified atom stereocenters. The van der Waals surface area contributed by atoms with Crippen LogP contribution in [0.5, 0.6) is 0 Å². The smallest absolute Gasteiger partial charge is 0.320 e. The number of halogens is 1. The van der Waals surface area contributed by atoms with Crippen molar-refractivity contribution < 1.29 is 28.0 Å². The van der Waals surface area contributed by atoms with Crippen molar-refractivity contribution in [2.45, 2.75) is 12.5 Å². The van der Waals surface area contributed by atoms with E-state index >= 15 is 0 Å². The van der Waals surface area contributed by atoms with Gasteiger partial charge in [-0.2, -0.15) is 11.8 Å². The van der Waals surface area contributed by atoms with Crippen LogP contribution in [0, 0.1) is 0 Å². The molecule has 0 aliphatic rings. The molecule has 6 N–H and O–H groups in total. The van der Waals surface area contributed by atoms with Gasteiger partial charge in [-0.05, 0) is 12.2 Å². The van der Waals surface area contributed by atoms with E-state index < -0.39 is 12.0 Å². The molecule has 12 heavy (non-hydrogen) atoms. The Morgan fingerprint density at radius 2 is 2.17 bits per heavy atom. The van der Waals surface area contributed by atoms with Gasteiger partial charge in [0.25, 0.3) is 0 Å². The molecule has 0 bridgehead atoms. The number of carbonyl (C=O) groups is 1. The number of nitrogens with two attached hydrogens (primary N) is 1. The highest BCUT2D eigenvalue weighted by atomic mass is 35.5. The molecule has 0 aliphatic heterocycles. The minimum atomic E-state index is -0.916. The molecule has 0 rings (SSSR count). The molecule has 0 spiro atoms. The van der Waals surface area contributed by atoms with Crippen LogP contribution in [0.25, 0.3) is 0 Å². The zero-order valence-electron chi connectivity index (χ0n) is 6.83. The Bertz CT molecular complexity index is 126. The third kappa shape index (κ3) is 8.13. The van der Waals surface area contributed by atoms with Crippen molar-refractivity contribution in [1.29, 1.82) is 0 Å². The molecule has 0 aliphatic carbocycles. The summed E-state index contributed by atoms with van der Waals surface area (Å²) < 4.78 is 0. The highest BCUT2D eigenvalue weighted by Crippen LogP contribution is 2.02. The van der Waals surface area contributed by atoms with E-state index in [0.29, 0.717) is 6.42 Å². The predicted octanol–water partition coefficient (Wildman–Crippen LogP) is -4.23. The molecule has 0 amide bonds. The van der Waals surface area contributed by atoms with Crippen LogP contribution in [-0.2, 0) is 4.79 Å². The Morgan fingerprint density at radius 1 is 1.58 bits per heavy atom. The third-order valence-corrected chi connectivity index (χ3v) is 2.28. The highest BCUT2D eigenvalue weighted by molar-refractivity contribution is 7.99. The van der Waals surface area contributed by atoms with E-state index in [-0.39, 0.29) is 12.4 Å². The molecule has 74 valence electrons. The van der Waals surface area contributed by atoms with E-state index in [1.54, 1.807) is 11.8 Å². The second kappa shape index (κ2) is 9.12. The van der Waals surface area contributed by atoms with Crippen LogP contribution in [0.3, 0.4) is 0 Å². The number of rotatable bonds is 6. The molecule has 0 aromatic carbocycles. The van der Waals surface area contributed by atoms with Crippen molar-refractivity contribution in [3.05, 3.63) is 0 Å². The summed E-state index contributed by atoms with van der Waals surface area (Å²) in [6, 6.07) is -0.702. The number of carboxylic acids is 1. The van der Waals surface area contributed by atoms with Gasteiger partial charge < -0.3 is 29.0 Å². The molecule has 6 heteroatoms. The summed E-state index contributed by atoms with van der Waals surface area (Å²) >= 11 is 1.69. The summed E-state index contributed by atoms with van der Waals surface area (Å²) in [5.74, 6) is 0.871. The lowest BCUT2D eigenvalue weighted by Gasteiger charge is -2.03. The van der Waals surface area contributed by atoms with Crippen LogP contribution in [-0.4, -0.2) is 35.2 Å². The van der Waals surface area contributed by atoms with E-state index in [0.717, 1.165) is 18.1 Å². The number of aliphatic carboxylic acids is 1. The van der Waals surface area contributed by atoms with Crippen LogP contribution >= 0.6 is 11.8 Å². The lowest BCUT2D eigenvalue weighted by atomic mass is 10.2. The number of hydrogen-bond acceptors (Lipinski definition) is 3. The largest absolute Gasteiger partial charge is 1.00 e. The molecule has 1 atom stereocenters. The Kier molecular flexibility index (Phi) is 11.1. The second-order valence-electron chi connectivity index (χ2n) is 2.20. The van der Waals surface area contributed by atoms with Crippen molar-refractivity contribution in [1.82, 2.24) is 0 Å². The Morgan fingerprint density at radius 3 is 2.58 bits per heavy atom. The van der Waals surface area contributed by atoms with Crippen molar-refractivity contribution in [2.24, 2.45) is 5.73 Å². The molecule has 0 fully saturated rings. The molecular formula is C6H15ClN2O2S. The number of quaternary nitrogens is 1. The fourth-order valence-electron chi connectivity index (χ4n) is 0.538. The number of hydrogen-bond donors (Lipinski definition) is 3. The van der Waals surface area contributed by atoms with Crippen molar-refractivity contribution in [3.8, 4) is 0 Å². The lowest BCUT2D eigenvalue weighted by molar-refractivity contribution is -0.360. The van der Waals surface area contributed by atoms with E-state index in [4.69, 9.17) is 10.8 Å². The van der Waals surface area contributed by atoms with E-state index in [2.05, 4.69) is 5.73 Å². The van der Waals surface area contributed by atoms with Gasteiger partial charge in [-0.3, -0.25) is 4.79 Å². The van der Waals surface area contributed by atoms with Crippen molar-refractivity contribution >= 4 is 17.7 Å². The van der Waals surface area contributed by atoms with Gasteiger partial charge in [0.1, 0.15) is 6.04 Å². The summed E-state index contributed by atoms with van der Waals surface area (Å²) in [6.07, 6.45) is 0.542. The zero-order chi connectivity index (χ0) is 8.69. The highest BCUT2D eigenvalue weighted by Gasteiger charge is 2.09. The van der Waals surface area contributed by atoms with E-state index in [1.807, 2.05) is 0 Å². The fourth-order valence-corrected chi connectivity index (χ4v) is 1.37. The third-order valence-electron chi connectivity index (χ3n) is 1.18. The maximum Gasteiger partial charge on any atom is 0.320 e. The normalized spacial score (nSPS) is 11.8. The summed E-state index contributed by atoms with van der Waals surface area (Å²) in [6.45, 7) is 0.882. The van der Waals surface area contributed by atoms with Crippen LogP contribution in [0.1, 0.15) is 6.42 Å². The van der Waals surface area contributed by atoms with E-state index in [1.165, 1.54) is 0 Å². The minimum absolute atomic E-state index is 0. The number of thioether (sulfide) groups is 1. The summed E-state index contributed by atoms with van der Waals surface area (Å²) in [7, 11) is 0. The predicted molar refractivity (Wildman–Crippen MR) is 45.3 cm³/mol. The summed E-state index contributed by atoms with van der Waals surface area (Å²) in [5.41, 5.74) is 8.94. The zero-order valence-corrected chi connectivity index (χ0v) is 8.40. The van der Waals surface area contributed by atoms with Gasteiger partial charge in [0, 0.05) is 5.75 Å². The minimum Gasteiger partial charge on any atom is -1.00 e. The standard InChI is InChI=1S/C6H14N2O2S.ClH/c7-2-4-11-3-1-5(8)6(9)10;/h5H,1-4,7-8H2,(H,9,10);1H/t5-;/m1./s1. The topological polar surface area (TPSA) is 91.0 Å². The van der Waals surface area contributed by atoms with Crippen molar-refractivity contribution in [2.75, 3.05) is 18.1 Å². The van der Waals surface area contributed by atoms with Gasteiger partial charge in [0.2, 0.25) is 0 Å². The first-order valence-electron chi connectivity index (χ1n) is 3.54. The van der Waals surface area contributed by atoms with Gasteiger partial charge >= 0.3 is 5.97 Å². The average molecular weight is 215 g/mol. The molecule has 0 saturated heterocycles. The Hall–Kier alpha value is 0.0300. The molecule has 0 radical (unpaired) electrons. The number of carboxylic acid groups (broad SMARTS) is 1. The maximum atomic E-state index is 10.2. The maximum absolute atomic E-state index is 10.2. The first-order valence-corrected chi connectivity index (χ1v) is 4.69. The average Bonchev–Trinajstić information content (AvgIpc) is 1.97. The van der Waals surface area contributed by atoms with Crippen LogP contribution < -0.4 is 23.9 Å². The van der Waals surface area contributed by atoms with Gasteiger partial charge in [-0.15, -0.1) is 0 Å². The van der Waals surface area contributed by atoms with E-state index in [9.17, 15) is 4.79 Å². The fraction of sp³-hybridized carbons (Fsp3) is 0.833. The first kappa shape index (κ1) is 14.5. The van der Waals surface area contributed by atoms with Gasteiger partial charge in [-0.1, -0.05) is 0 Å². The van der Waals surface area contributed by atoms with Gasteiger partial charge in [0.05, 0.1) is 6.54 Å². The first-order chi connectivity index (χ1) is 5.18. The summed E-state index contributed by atoms with van der Waals surface area (Å²) in [4.78, 5) is 10.2. The van der Waals surface area contributed by atoms with Crippen LogP contribution in [0.2, 0.25) is 0 Å². The quantitative estimate of drug-likeness (QED) is 0.391. The molecule has 0 saturated carbocycles. The molecule has 0 aromatic heterocycles. The molecule has 0 aromatic rings. The lowest BCUT2D eigenvalue weighted by Crippen LogP contribution is -3.00. The Balaban J connectivity index is 0. The monoisotopic (exact) mass is 214 g/mol. The summed E-state index contributed by atoms with van der Waals surface area (Å²) in [5, 5.41) is 8.39. The van der Waals surface area contributed by atoms with Crippen LogP contribution in [0.4, 0.5) is 0 Å². The van der Waals surface area contributed by atoms with Crippen LogP contribution in [0.15, 0.2) is 0 Å². The molecular weight excluding hydrogens is 200 g/mol. The molecule has 4 nitrogen and oxygen atoms in total. The Labute approximate surface area is 82.5 Å². The van der Waals surface area contributed by atoms with Crippen molar-refractivity contribution in [3.63, 3.8) is 0 Å². The van der Waals surface area contributed by atoms with Gasteiger partial charge in [0.15, 0.2) is 0 Å². The van der Waals surface area contributed by atoms with Gasteiger partial charge in [-0.25, -0.2) is 0 Å². The molecule has 0 heterocycles. The second-order valence-corrected chi connectivity index (χ2v) is 3.42. The SMILES string of the molecule is N[C@H](CCSCC[NH3+])C(=O)O.[Cl-].